The molecule has 1 aromatic rings. The highest BCUT2D eigenvalue weighted by Crippen LogP contribution is 2.30. The monoisotopic (exact) mass is 290 g/mol. The lowest BCUT2D eigenvalue weighted by Gasteiger charge is -2.29. The maximum Gasteiger partial charge on any atom is 0.251 e. The third kappa shape index (κ3) is 4.29. The number of rotatable bonds is 6. The van der Waals surface area contributed by atoms with E-state index in [1.165, 1.54) is 5.56 Å². The molecule has 0 heterocycles. The maximum atomic E-state index is 12.4. The van der Waals surface area contributed by atoms with Gasteiger partial charge in [0.2, 0.25) is 0 Å². The minimum atomic E-state index is -0.172. The van der Waals surface area contributed by atoms with Gasteiger partial charge in [-0.2, -0.15) is 0 Å². The summed E-state index contributed by atoms with van der Waals surface area (Å²) in [5.74, 6) is 0.00496. The summed E-state index contributed by atoms with van der Waals surface area (Å²) in [7, 11) is 5.77. The van der Waals surface area contributed by atoms with Crippen molar-refractivity contribution >= 4 is 5.91 Å². The fraction of sp³-hybridized carbons (Fsp3) is 0.588. The summed E-state index contributed by atoms with van der Waals surface area (Å²) in [6.45, 7) is 1.48. The van der Waals surface area contributed by atoms with E-state index < -0.39 is 0 Å². The van der Waals surface area contributed by atoms with Crippen LogP contribution in [-0.4, -0.2) is 44.2 Å². The van der Waals surface area contributed by atoms with E-state index in [1.807, 2.05) is 38.4 Å². The Labute approximate surface area is 127 Å². The van der Waals surface area contributed by atoms with Gasteiger partial charge < -0.3 is 15.0 Å². The van der Waals surface area contributed by atoms with Gasteiger partial charge in [-0.15, -0.1) is 0 Å². The molecule has 21 heavy (non-hydrogen) atoms. The van der Waals surface area contributed by atoms with E-state index in [1.54, 1.807) is 7.11 Å². The van der Waals surface area contributed by atoms with Crippen LogP contribution in [0, 0.1) is 0 Å². The second-order valence-corrected chi connectivity index (χ2v) is 6.31. The first-order valence-corrected chi connectivity index (χ1v) is 7.60. The van der Waals surface area contributed by atoms with Crippen LogP contribution in [0.3, 0.4) is 0 Å². The lowest BCUT2D eigenvalue weighted by Crippen LogP contribution is -2.49. The van der Waals surface area contributed by atoms with Crippen molar-refractivity contribution in [3.8, 4) is 0 Å². The molecule has 0 aliphatic heterocycles. The predicted octanol–water partition coefficient (Wildman–Crippen LogP) is 2.44. The summed E-state index contributed by atoms with van der Waals surface area (Å²) in [5.41, 5.74) is 1.76. The highest BCUT2D eigenvalue weighted by molar-refractivity contribution is 5.94. The number of carbonyl (C=O) groups is 1. The van der Waals surface area contributed by atoms with Crippen LogP contribution in [0.15, 0.2) is 24.3 Å². The van der Waals surface area contributed by atoms with Crippen molar-refractivity contribution in [2.75, 3.05) is 27.8 Å². The Kier molecular flexibility index (Phi) is 5.37. The largest absolute Gasteiger partial charge is 0.382 e. The fourth-order valence-corrected chi connectivity index (χ4v) is 3.07. The van der Waals surface area contributed by atoms with Gasteiger partial charge >= 0.3 is 0 Å². The zero-order valence-corrected chi connectivity index (χ0v) is 13.3. The molecule has 1 aliphatic rings. The fourth-order valence-electron chi connectivity index (χ4n) is 3.07. The topological polar surface area (TPSA) is 41.6 Å². The molecule has 1 fully saturated rings. The molecule has 0 atom stereocenters. The second kappa shape index (κ2) is 7.05. The van der Waals surface area contributed by atoms with Crippen LogP contribution in [0.2, 0.25) is 0 Å². The van der Waals surface area contributed by atoms with E-state index >= 15 is 0 Å². The van der Waals surface area contributed by atoms with Gasteiger partial charge in [0.05, 0.1) is 12.1 Å². The van der Waals surface area contributed by atoms with Crippen LogP contribution < -0.4 is 5.32 Å². The van der Waals surface area contributed by atoms with Crippen LogP contribution in [-0.2, 0) is 11.3 Å². The standard InChI is InChI=1S/C17H26N2O2/c1-19(2)12-14-6-8-15(9-7-14)16(20)18-17(13-21-3)10-4-5-11-17/h6-9H,4-5,10-13H2,1-3H3,(H,18,20). The van der Waals surface area contributed by atoms with Crippen molar-refractivity contribution in [1.29, 1.82) is 0 Å². The van der Waals surface area contributed by atoms with Gasteiger partial charge in [-0.3, -0.25) is 4.79 Å². The zero-order valence-electron chi connectivity index (χ0n) is 13.3. The molecule has 1 N–H and O–H groups in total. The molecule has 1 amide bonds. The maximum absolute atomic E-state index is 12.4. The Hall–Kier alpha value is -1.39. The number of hydrogen-bond donors (Lipinski definition) is 1. The summed E-state index contributed by atoms with van der Waals surface area (Å²) < 4.78 is 5.31. The zero-order chi connectivity index (χ0) is 15.3. The smallest absolute Gasteiger partial charge is 0.251 e. The highest BCUT2D eigenvalue weighted by Gasteiger charge is 2.35. The molecule has 0 aromatic heterocycles. The van der Waals surface area contributed by atoms with Gasteiger partial charge in [0, 0.05) is 19.2 Å². The van der Waals surface area contributed by atoms with Gasteiger partial charge in [-0.1, -0.05) is 25.0 Å². The number of benzene rings is 1. The van der Waals surface area contributed by atoms with Crippen molar-refractivity contribution in [3.63, 3.8) is 0 Å². The first kappa shape index (κ1) is 16.0. The lowest BCUT2D eigenvalue weighted by molar-refractivity contribution is 0.0767. The van der Waals surface area contributed by atoms with Gasteiger partial charge in [-0.25, -0.2) is 0 Å². The summed E-state index contributed by atoms with van der Waals surface area (Å²) in [6.07, 6.45) is 4.33. The molecule has 4 nitrogen and oxygen atoms in total. The van der Waals surface area contributed by atoms with E-state index in [-0.39, 0.29) is 11.4 Å². The van der Waals surface area contributed by atoms with Crippen molar-refractivity contribution in [3.05, 3.63) is 35.4 Å². The molecular weight excluding hydrogens is 264 g/mol. The molecule has 0 spiro atoms. The molecule has 1 aromatic carbocycles. The van der Waals surface area contributed by atoms with E-state index in [0.717, 1.165) is 37.8 Å². The number of hydrogen-bond acceptors (Lipinski definition) is 3. The first-order chi connectivity index (χ1) is 10.0. The van der Waals surface area contributed by atoms with E-state index in [9.17, 15) is 4.79 Å². The number of methoxy groups -OCH3 is 1. The normalized spacial score (nSPS) is 17.1. The Morgan fingerprint density at radius 1 is 1.24 bits per heavy atom. The van der Waals surface area contributed by atoms with E-state index in [4.69, 9.17) is 4.74 Å². The highest BCUT2D eigenvalue weighted by atomic mass is 16.5. The van der Waals surface area contributed by atoms with Crippen LogP contribution in [0.1, 0.15) is 41.6 Å². The summed E-state index contributed by atoms with van der Waals surface area (Å²) in [5, 5.41) is 3.20. The average molecular weight is 290 g/mol. The van der Waals surface area contributed by atoms with Gasteiger partial charge in [0.15, 0.2) is 0 Å². The van der Waals surface area contributed by atoms with Crippen LogP contribution in [0.25, 0.3) is 0 Å². The average Bonchev–Trinajstić information content (AvgIpc) is 2.87. The summed E-state index contributed by atoms with van der Waals surface area (Å²) >= 11 is 0. The molecule has 0 unspecified atom stereocenters. The van der Waals surface area contributed by atoms with Crippen molar-refractivity contribution < 1.29 is 9.53 Å². The van der Waals surface area contributed by atoms with Gasteiger partial charge in [0.1, 0.15) is 0 Å². The molecule has 1 aliphatic carbocycles. The molecule has 0 radical (unpaired) electrons. The number of nitrogens with zero attached hydrogens (tertiary/aromatic N) is 1. The quantitative estimate of drug-likeness (QED) is 0.875. The molecule has 0 bridgehead atoms. The third-order valence-electron chi connectivity index (χ3n) is 4.07. The molecule has 116 valence electrons. The minimum absolute atomic E-state index is 0.00496. The van der Waals surface area contributed by atoms with Crippen molar-refractivity contribution in [2.24, 2.45) is 0 Å². The Bertz CT molecular complexity index is 462. The van der Waals surface area contributed by atoms with Gasteiger partial charge in [0.25, 0.3) is 5.91 Å². The SMILES string of the molecule is COCC1(NC(=O)c2ccc(CN(C)C)cc2)CCCC1. The number of carbonyl (C=O) groups excluding carboxylic acids is 1. The number of nitrogens with one attached hydrogen (secondary N) is 1. The predicted molar refractivity (Wildman–Crippen MR) is 84.4 cm³/mol. The molecule has 2 rings (SSSR count). The number of amides is 1. The van der Waals surface area contributed by atoms with Crippen LogP contribution >= 0.6 is 0 Å². The Balaban J connectivity index is 2.02. The van der Waals surface area contributed by atoms with E-state index in [0.29, 0.717) is 6.61 Å². The minimum Gasteiger partial charge on any atom is -0.382 e. The second-order valence-electron chi connectivity index (χ2n) is 6.31. The molecule has 1 saturated carbocycles. The van der Waals surface area contributed by atoms with E-state index in [2.05, 4.69) is 10.2 Å². The summed E-state index contributed by atoms with van der Waals surface area (Å²) in [6, 6.07) is 7.85. The molecule has 0 saturated heterocycles. The molecular formula is C17H26N2O2. The van der Waals surface area contributed by atoms with Crippen molar-refractivity contribution in [1.82, 2.24) is 10.2 Å². The van der Waals surface area contributed by atoms with Crippen molar-refractivity contribution in [2.45, 2.75) is 37.8 Å². The Morgan fingerprint density at radius 3 is 2.38 bits per heavy atom. The van der Waals surface area contributed by atoms with Gasteiger partial charge in [-0.05, 0) is 44.6 Å². The third-order valence-corrected chi connectivity index (χ3v) is 4.07. The Morgan fingerprint density at radius 2 is 1.86 bits per heavy atom. The molecule has 4 heteroatoms. The lowest BCUT2D eigenvalue weighted by atomic mass is 9.98. The van der Waals surface area contributed by atoms with Crippen LogP contribution in [0.5, 0.6) is 0 Å². The summed E-state index contributed by atoms with van der Waals surface area (Å²) in [4.78, 5) is 14.5. The van der Waals surface area contributed by atoms with Crippen LogP contribution in [0.4, 0.5) is 0 Å². The first-order valence-electron chi connectivity index (χ1n) is 7.60. The number of ether oxygens (including phenoxy) is 1.